The zero-order chi connectivity index (χ0) is 16.8. The molecule has 0 amide bonds. The molecule has 2 heterocycles. The van der Waals surface area contributed by atoms with Gasteiger partial charge >= 0.3 is 0 Å². The van der Waals surface area contributed by atoms with E-state index < -0.39 is 0 Å². The molecule has 0 aliphatic carbocycles. The highest BCUT2D eigenvalue weighted by atomic mass is 16.3. The lowest BCUT2D eigenvalue weighted by atomic mass is 10.1. The summed E-state index contributed by atoms with van der Waals surface area (Å²) in [6, 6.07) is 8.56. The molecule has 2 aromatic heterocycles. The van der Waals surface area contributed by atoms with Crippen molar-refractivity contribution in [3.63, 3.8) is 0 Å². The fraction of sp³-hybridized carbons (Fsp3) is 0.389. The lowest BCUT2D eigenvalue weighted by Crippen LogP contribution is -2.06. The van der Waals surface area contributed by atoms with E-state index in [-0.39, 0.29) is 6.61 Å². The van der Waals surface area contributed by atoms with Crippen LogP contribution in [0.1, 0.15) is 31.0 Å². The monoisotopic (exact) mass is 325 g/mol. The Hall–Kier alpha value is -2.47. The third-order valence-corrected chi connectivity index (χ3v) is 3.95. The Morgan fingerprint density at radius 3 is 2.75 bits per heavy atom. The Kier molecular flexibility index (Phi) is 5.38. The number of benzene rings is 1. The smallest absolute Gasteiger partial charge is 0.176 e. The number of aliphatic hydroxyl groups is 1. The molecule has 3 rings (SSSR count). The topological polar surface area (TPSA) is 75.9 Å². The number of rotatable bonds is 8. The predicted molar refractivity (Wildman–Crippen MR) is 94.8 cm³/mol. The van der Waals surface area contributed by atoms with Crippen molar-refractivity contribution in [3.8, 4) is 0 Å². The summed E-state index contributed by atoms with van der Waals surface area (Å²) in [7, 11) is 0. The molecule has 0 spiro atoms. The standard InChI is InChI=1S/C18H23N5O/c1-2-3-4-14-5-7-15(8-6-14)19-11-16-12-20-18-17(22-16)13-21-23(18)9-10-24/h5-8,12-13,19,24H,2-4,9-11H2,1H3. The van der Waals surface area contributed by atoms with E-state index in [1.54, 1.807) is 17.1 Å². The van der Waals surface area contributed by atoms with E-state index >= 15 is 0 Å². The number of hydrogen-bond acceptors (Lipinski definition) is 5. The summed E-state index contributed by atoms with van der Waals surface area (Å²) in [5.41, 5.74) is 4.76. The quantitative estimate of drug-likeness (QED) is 0.666. The van der Waals surface area contributed by atoms with Gasteiger partial charge in [0.25, 0.3) is 0 Å². The number of fused-ring (bicyclic) bond motifs is 1. The van der Waals surface area contributed by atoms with E-state index in [4.69, 9.17) is 5.11 Å². The molecular formula is C18H23N5O. The molecule has 0 fully saturated rings. The highest BCUT2D eigenvalue weighted by Gasteiger charge is 2.06. The first-order chi connectivity index (χ1) is 11.8. The molecule has 0 radical (unpaired) electrons. The van der Waals surface area contributed by atoms with E-state index in [9.17, 15) is 0 Å². The number of aliphatic hydroxyl groups excluding tert-OH is 1. The van der Waals surface area contributed by atoms with Gasteiger partial charge < -0.3 is 10.4 Å². The van der Waals surface area contributed by atoms with Gasteiger partial charge in [0.05, 0.1) is 37.8 Å². The largest absolute Gasteiger partial charge is 0.394 e. The van der Waals surface area contributed by atoms with Gasteiger partial charge in [-0.25, -0.2) is 14.6 Å². The summed E-state index contributed by atoms with van der Waals surface area (Å²) in [6.07, 6.45) is 7.02. The maximum Gasteiger partial charge on any atom is 0.176 e. The van der Waals surface area contributed by atoms with Gasteiger partial charge in [-0.15, -0.1) is 0 Å². The minimum atomic E-state index is 0.0377. The summed E-state index contributed by atoms with van der Waals surface area (Å²) < 4.78 is 1.66. The second kappa shape index (κ2) is 7.88. The van der Waals surface area contributed by atoms with Gasteiger partial charge in [-0.3, -0.25) is 0 Å². The molecular weight excluding hydrogens is 302 g/mol. The van der Waals surface area contributed by atoms with Gasteiger partial charge in [0.2, 0.25) is 0 Å². The molecule has 0 saturated heterocycles. The van der Waals surface area contributed by atoms with Crippen LogP contribution in [0.5, 0.6) is 0 Å². The van der Waals surface area contributed by atoms with Crippen molar-refractivity contribution in [3.05, 3.63) is 47.9 Å². The summed E-state index contributed by atoms with van der Waals surface area (Å²) in [4.78, 5) is 8.97. The van der Waals surface area contributed by atoms with Crippen LogP contribution in [0.15, 0.2) is 36.7 Å². The summed E-state index contributed by atoms with van der Waals surface area (Å²) >= 11 is 0. The second-order valence-corrected chi connectivity index (χ2v) is 5.82. The molecule has 0 atom stereocenters. The average molecular weight is 325 g/mol. The molecule has 0 saturated carbocycles. The van der Waals surface area contributed by atoms with Crippen molar-refractivity contribution in [2.45, 2.75) is 39.3 Å². The number of hydrogen-bond donors (Lipinski definition) is 2. The maximum absolute atomic E-state index is 9.01. The van der Waals surface area contributed by atoms with Crippen molar-refractivity contribution in [1.29, 1.82) is 0 Å². The Morgan fingerprint density at radius 1 is 1.17 bits per heavy atom. The van der Waals surface area contributed by atoms with Crippen molar-refractivity contribution in [2.75, 3.05) is 11.9 Å². The number of anilines is 1. The average Bonchev–Trinajstić information content (AvgIpc) is 3.02. The van der Waals surface area contributed by atoms with E-state index in [0.717, 1.165) is 23.3 Å². The zero-order valence-electron chi connectivity index (χ0n) is 13.9. The van der Waals surface area contributed by atoms with Crippen LogP contribution < -0.4 is 5.32 Å². The molecule has 0 bridgehead atoms. The van der Waals surface area contributed by atoms with Crippen LogP contribution in [0.4, 0.5) is 5.69 Å². The molecule has 24 heavy (non-hydrogen) atoms. The summed E-state index contributed by atoms with van der Waals surface area (Å²) in [6.45, 7) is 3.29. The number of unbranched alkanes of at least 4 members (excludes halogenated alkanes) is 1. The van der Waals surface area contributed by atoms with Gasteiger partial charge in [0, 0.05) is 5.69 Å². The SMILES string of the molecule is CCCCc1ccc(NCc2cnc3c(cnn3CCO)n2)cc1. The molecule has 0 aliphatic rings. The lowest BCUT2D eigenvalue weighted by Gasteiger charge is -2.07. The third kappa shape index (κ3) is 3.89. The van der Waals surface area contributed by atoms with Gasteiger partial charge in [-0.1, -0.05) is 25.5 Å². The van der Waals surface area contributed by atoms with Crippen molar-refractivity contribution < 1.29 is 5.11 Å². The molecule has 1 aromatic carbocycles. The second-order valence-electron chi connectivity index (χ2n) is 5.82. The maximum atomic E-state index is 9.01. The van der Waals surface area contributed by atoms with Crippen LogP contribution in [-0.4, -0.2) is 31.5 Å². The molecule has 6 heteroatoms. The van der Waals surface area contributed by atoms with Gasteiger partial charge in [0.15, 0.2) is 5.65 Å². The molecule has 0 unspecified atom stereocenters. The van der Waals surface area contributed by atoms with E-state index in [0.29, 0.717) is 18.7 Å². The van der Waals surface area contributed by atoms with Crippen LogP contribution in [0, 0.1) is 0 Å². The summed E-state index contributed by atoms with van der Waals surface area (Å²) in [5, 5.41) is 16.6. The third-order valence-electron chi connectivity index (χ3n) is 3.95. The predicted octanol–water partition coefficient (Wildman–Crippen LogP) is 2.77. The normalized spacial score (nSPS) is 11.1. The van der Waals surface area contributed by atoms with Crippen LogP contribution in [0.2, 0.25) is 0 Å². The Labute approximate surface area is 141 Å². The fourth-order valence-corrected chi connectivity index (χ4v) is 2.61. The lowest BCUT2D eigenvalue weighted by molar-refractivity contribution is 0.271. The van der Waals surface area contributed by atoms with Crippen molar-refractivity contribution >= 4 is 16.9 Å². The Morgan fingerprint density at radius 2 is 2.00 bits per heavy atom. The van der Waals surface area contributed by atoms with E-state index in [1.807, 2.05) is 0 Å². The Bertz CT molecular complexity index is 782. The first-order valence-electron chi connectivity index (χ1n) is 8.41. The number of aromatic nitrogens is 4. The molecule has 3 aromatic rings. The minimum absolute atomic E-state index is 0.0377. The first-order valence-corrected chi connectivity index (χ1v) is 8.41. The molecule has 126 valence electrons. The summed E-state index contributed by atoms with van der Waals surface area (Å²) in [5.74, 6) is 0. The van der Waals surface area contributed by atoms with Crippen LogP contribution >= 0.6 is 0 Å². The highest BCUT2D eigenvalue weighted by Crippen LogP contribution is 2.14. The first kappa shape index (κ1) is 16.4. The number of aryl methyl sites for hydroxylation is 1. The fourth-order valence-electron chi connectivity index (χ4n) is 2.61. The van der Waals surface area contributed by atoms with Crippen LogP contribution in [-0.2, 0) is 19.5 Å². The van der Waals surface area contributed by atoms with Crippen LogP contribution in [0.25, 0.3) is 11.2 Å². The molecule has 0 aliphatic heterocycles. The number of nitrogens with zero attached hydrogens (tertiary/aromatic N) is 4. The molecule has 2 N–H and O–H groups in total. The van der Waals surface area contributed by atoms with Gasteiger partial charge in [-0.05, 0) is 30.5 Å². The van der Waals surface area contributed by atoms with Crippen LogP contribution in [0.3, 0.4) is 0 Å². The number of nitrogens with one attached hydrogen (secondary N) is 1. The van der Waals surface area contributed by atoms with E-state index in [2.05, 4.69) is 51.6 Å². The van der Waals surface area contributed by atoms with Gasteiger partial charge in [0.1, 0.15) is 5.52 Å². The van der Waals surface area contributed by atoms with Crippen molar-refractivity contribution in [1.82, 2.24) is 19.7 Å². The zero-order valence-corrected chi connectivity index (χ0v) is 13.9. The Balaban J connectivity index is 1.62. The van der Waals surface area contributed by atoms with Gasteiger partial charge in [-0.2, -0.15) is 5.10 Å². The van der Waals surface area contributed by atoms with E-state index in [1.165, 1.54) is 18.4 Å². The molecule has 6 nitrogen and oxygen atoms in total. The minimum Gasteiger partial charge on any atom is -0.394 e. The highest BCUT2D eigenvalue weighted by molar-refractivity contribution is 5.69. The van der Waals surface area contributed by atoms with Crippen molar-refractivity contribution in [2.24, 2.45) is 0 Å².